The van der Waals surface area contributed by atoms with Gasteiger partial charge >= 0.3 is 0 Å². The van der Waals surface area contributed by atoms with E-state index in [0.29, 0.717) is 0 Å². The molecular formula is C55H38. The molecule has 0 aliphatic heterocycles. The first-order chi connectivity index (χ1) is 27.0. The molecule has 55 heavy (non-hydrogen) atoms. The van der Waals surface area contributed by atoms with E-state index in [1.807, 2.05) is 0 Å². The maximum absolute atomic E-state index is 2.47. The summed E-state index contributed by atoms with van der Waals surface area (Å²) >= 11 is 0. The Labute approximate surface area is 322 Å². The SMILES string of the molecule is CC1(C)c2cc(-c3cc(-c4ccccc4)cc(-c4c5ccccc5c(-c5ccccc5)c5c4ccc4ccccc45)c3)ccc2-c2c1ccc1ccccc21. The molecule has 0 saturated carbocycles. The van der Waals surface area contributed by atoms with Gasteiger partial charge in [0, 0.05) is 5.41 Å². The van der Waals surface area contributed by atoms with E-state index in [-0.39, 0.29) is 5.41 Å². The first kappa shape index (κ1) is 31.7. The van der Waals surface area contributed by atoms with Crippen LogP contribution in [-0.4, -0.2) is 0 Å². The molecule has 11 rings (SSSR count). The summed E-state index contributed by atoms with van der Waals surface area (Å²) in [6, 6.07) is 72.2. The van der Waals surface area contributed by atoms with Crippen LogP contribution in [0.2, 0.25) is 0 Å². The Morgan fingerprint density at radius 1 is 0.291 bits per heavy atom. The largest absolute Gasteiger partial charge is 0.0622 e. The number of fused-ring (bicyclic) bond motifs is 9. The average Bonchev–Trinajstić information content (AvgIpc) is 3.48. The van der Waals surface area contributed by atoms with Gasteiger partial charge in [-0.3, -0.25) is 0 Å². The molecule has 0 heterocycles. The van der Waals surface area contributed by atoms with Crippen LogP contribution in [0.3, 0.4) is 0 Å². The number of hydrogen-bond acceptors (Lipinski definition) is 0. The van der Waals surface area contributed by atoms with Gasteiger partial charge in [0.05, 0.1) is 0 Å². The minimum absolute atomic E-state index is 0.120. The summed E-state index contributed by atoms with van der Waals surface area (Å²) in [4.78, 5) is 0. The molecule has 0 unspecified atom stereocenters. The van der Waals surface area contributed by atoms with Crippen molar-refractivity contribution in [2.24, 2.45) is 0 Å². The Bertz CT molecular complexity index is 3150. The highest BCUT2D eigenvalue weighted by molar-refractivity contribution is 6.28. The fraction of sp³-hybridized carbons (Fsp3) is 0.0545. The Balaban J connectivity index is 1.21. The molecule has 10 aromatic carbocycles. The molecule has 0 nitrogen and oxygen atoms in total. The Hall–Kier alpha value is -6.76. The molecule has 0 fully saturated rings. The van der Waals surface area contributed by atoms with Crippen molar-refractivity contribution in [3.8, 4) is 55.6 Å². The molecule has 0 aromatic heterocycles. The molecular weight excluding hydrogens is 661 g/mol. The molecule has 0 spiro atoms. The van der Waals surface area contributed by atoms with Crippen LogP contribution in [-0.2, 0) is 5.41 Å². The van der Waals surface area contributed by atoms with Gasteiger partial charge in [-0.2, -0.15) is 0 Å². The molecule has 0 amide bonds. The zero-order valence-electron chi connectivity index (χ0n) is 31.0. The van der Waals surface area contributed by atoms with Crippen molar-refractivity contribution in [1.29, 1.82) is 0 Å². The summed E-state index contributed by atoms with van der Waals surface area (Å²) in [7, 11) is 0. The predicted octanol–water partition coefficient (Wildman–Crippen LogP) is 15.3. The van der Waals surface area contributed by atoms with E-state index in [0.717, 1.165) is 0 Å². The minimum Gasteiger partial charge on any atom is -0.0622 e. The first-order valence-electron chi connectivity index (χ1n) is 19.3. The van der Waals surface area contributed by atoms with Crippen molar-refractivity contribution in [2.75, 3.05) is 0 Å². The van der Waals surface area contributed by atoms with Crippen LogP contribution in [0, 0.1) is 0 Å². The average molecular weight is 699 g/mol. The van der Waals surface area contributed by atoms with Crippen LogP contribution >= 0.6 is 0 Å². The van der Waals surface area contributed by atoms with Gasteiger partial charge in [-0.15, -0.1) is 0 Å². The lowest BCUT2D eigenvalue weighted by Crippen LogP contribution is -2.15. The monoisotopic (exact) mass is 698 g/mol. The second-order valence-electron chi connectivity index (χ2n) is 15.6. The number of hydrogen-bond donors (Lipinski definition) is 0. The molecule has 0 saturated heterocycles. The van der Waals surface area contributed by atoms with Crippen LogP contribution in [0.4, 0.5) is 0 Å². The van der Waals surface area contributed by atoms with Gasteiger partial charge in [-0.25, -0.2) is 0 Å². The van der Waals surface area contributed by atoms with Crippen molar-refractivity contribution in [2.45, 2.75) is 19.3 Å². The maximum Gasteiger partial charge on any atom is 0.0159 e. The van der Waals surface area contributed by atoms with Crippen LogP contribution in [0.15, 0.2) is 194 Å². The summed E-state index contributed by atoms with van der Waals surface area (Å²) in [5.74, 6) is 0. The summed E-state index contributed by atoms with van der Waals surface area (Å²) in [5.41, 5.74) is 15.3. The van der Waals surface area contributed by atoms with E-state index in [1.54, 1.807) is 0 Å². The molecule has 258 valence electrons. The highest BCUT2D eigenvalue weighted by Gasteiger charge is 2.36. The molecule has 1 aliphatic rings. The normalized spacial score (nSPS) is 13.1. The topological polar surface area (TPSA) is 0 Å². The molecule has 0 N–H and O–H groups in total. The molecule has 10 aromatic rings. The number of rotatable bonds is 4. The quantitative estimate of drug-likeness (QED) is 0.127. The fourth-order valence-corrected chi connectivity index (χ4v) is 9.59. The second-order valence-corrected chi connectivity index (χ2v) is 15.6. The lowest BCUT2D eigenvalue weighted by molar-refractivity contribution is 0.661. The summed E-state index contributed by atoms with van der Waals surface area (Å²) in [6.07, 6.45) is 0. The van der Waals surface area contributed by atoms with Gasteiger partial charge in [-0.05, 0) is 134 Å². The first-order valence-corrected chi connectivity index (χ1v) is 19.3. The summed E-state index contributed by atoms with van der Waals surface area (Å²) in [6.45, 7) is 4.78. The standard InChI is InChI=1S/C55H38/c1-55(2)49-30-27-37-18-9-11-21-43(37)53(49)47-28-26-39(34-50(47)55)41-31-40(35-15-5-3-6-16-35)32-42(33-41)51-45-23-13-14-24-46(45)52(38-19-7-4-8-20-38)54-44-22-12-10-17-36(44)25-29-48(51)54/h3-34H,1-2H3. The second kappa shape index (κ2) is 12.1. The van der Waals surface area contributed by atoms with Crippen molar-refractivity contribution < 1.29 is 0 Å². The van der Waals surface area contributed by atoms with Crippen molar-refractivity contribution in [3.63, 3.8) is 0 Å². The van der Waals surface area contributed by atoms with Gasteiger partial charge in [-0.1, -0.05) is 184 Å². The zero-order valence-corrected chi connectivity index (χ0v) is 31.0. The molecule has 0 bridgehead atoms. The van der Waals surface area contributed by atoms with E-state index in [4.69, 9.17) is 0 Å². The molecule has 1 aliphatic carbocycles. The Morgan fingerprint density at radius 3 is 1.56 bits per heavy atom. The highest BCUT2D eigenvalue weighted by atomic mass is 14.4. The van der Waals surface area contributed by atoms with E-state index in [9.17, 15) is 0 Å². The van der Waals surface area contributed by atoms with Gasteiger partial charge in [0.15, 0.2) is 0 Å². The molecule has 0 radical (unpaired) electrons. The van der Waals surface area contributed by atoms with Crippen LogP contribution < -0.4 is 0 Å². The maximum atomic E-state index is 2.47. The third-order valence-electron chi connectivity index (χ3n) is 12.2. The third-order valence-corrected chi connectivity index (χ3v) is 12.2. The van der Waals surface area contributed by atoms with Gasteiger partial charge in [0.1, 0.15) is 0 Å². The van der Waals surface area contributed by atoms with E-state index in [2.05, 4.69) is 208 Å². The van der Waals surface area contributed by atoms with E-state index < -0.39 is 0 Å². The zero-order chi connectivity index (χ0) is 36.7. The molecule has 0 atom stereocenters. The van der Waals surface area contributed by atoms with Crippen molar-refractivity contribution in [3.05, 3.63) is 205 Å². The highest BCUT2D eigenvalue weighted by Crippen LogP contribution is 2.53. The van der Waals surface area contributed by atoms with Crippen LogP contribution in [0.25, 0.3) is 98.7 Å². The molecule has 0 heteroatoms. The van der Waals surface area contributed by atoms with Gasteiger partial charge < -0.3 is 0 Å². The fourth-order valence-electron chi connectivity index (χ4n) is 9.59. The van der Waals surface area contributed by atoms with Gasteiger partial charge in [0.2, 0.25) is 0 Å². The summed E-state index contributed by atoms with van der Waals surface area (Å²) in [5, 5.41) is 10.2. The van der Waals surface area contributed by atoms with Crippen molar-refractivity contribution >= 4 is 43.1 Å². The van der Waals surface area contributed by atoms with Crippen LogP contribution in [0.1, 0.15) is 25.0 Å². The predicted molar refractivity (Wildman–Crippen MR) is 236 cm³/mol. The lowest BCUT2D eigenvalue weighted by Gasteiger charge is -2.23. The smallest absolute Gasteiger partial charge is 0.0159 e. The summed E-state index contributed by atoms with van der Waals surface area (Å²) < 4.78 is 0. The van der Waals surface area contributed by atoms with Crippen molar-refractivity contribution in [1.82, 2.24) is 0 Å². The third kappa shape index (κ3) is 4.85. The minimum atomic E-state index is -0.120. The lowest BCUT2D eigenvalue weighted by atomic mass is 9.80. The number of benzene rings is 10. The van der Waals surface area contributed by atoms with E-state index >= 15 is 0 Å². The van der Waals surface area contributed by atoms with Gasteiger partial charge in [0.25, 0.3) is 0 Å². The Morgan fingerprint density at radius 2 is 0.836 bits per heavy atom. The van der Waals surface area contributed by atoms with E-state index in [1.165, 1.54) is 110 Å². The van der Waals surface area contributed by atoms with Crippen LogP contribution in [0.5, 0.6) is 0 Å². The Kier molecular flexibility index (Phi) is 7.00.